The Balaban J connectivity index is 1.56. The van der Waals surface area contributed by atoms with Crippen molar-refractivity contribution in [2.75, 3.05) is 21.9 Å². The lowest BCUT2D eigenvalue weighted by Crippen LogP contribution is -2.37. The molecule has 28 heavy (non-hydrogen) atoms. The molecule has 4 rings (SSSR count). The second-order valence-corrected chi connectivity index (χ2v) is 9.59. The fraction of sp³-hybridized carbons (Fsp3) is 0.263. The van der Waals surface area contributed by atoms with Gasteiger partial charge in [0.25, 0.3) is 5.91 Å². The Labute approximate surface area is 167 Å². The molecule has 0 saturated carbocycles. The van der Waals surface area contributed by atoms with Crippen molar-refractivity contribution >= 4 is 38.6 Å². The maximum Gasteiger partial charge on any atom is 0.267 e. The van der Waals surface area contributed by atoms with E-state index in [0.29, 0.717) is 34.9 Å². The summed E-state index contributed by atoms with van der Waals surface area (Å²) >= 11 is 1.31. The summed E-state index contributed by atoms with van der Waals surface area (Å²) in [4.78, 5) is 17.7. The first-order chi connectivity index (χ1) is 13.4. The molecule has 3 aromatic rings. The third-order valence-electron chi connectivity index (χ3n) is 4.56. The van der Waals surface area contributed by atoms with E-state index in [1.807, 2.05) is 29.1 Å². The summed E-state index contributed by atoms with van der Waals surface area (Å²) in [6.07, 6.45) is 5.27. The molecular formula is C19H20N4O3S2. The van der Waals surface area contributed by atoms with Gasteiger partial charge in [-0.1, -0.05) is 17.4 Å². The van der Waals surface area contributed by atoms with Crippen molar-refractivity contribution in [3.8, 4) is 5.13 Å². The second-order valence-electron chi connectivity index (χ2n) is 6.60. The van der Waals surface area contributed by atoms with Crippen molar-refractivity contribution in [2.24, 2.45) is 0 Å². The fourth-order valence-corrected chi connectivity index (χ4v) is 5.73. The fourth-order valence-electron chi connectivity index (χ4n) is 3.17. The number of benzene rings is 1. The number of amides is 1. The van der Waals surface area contributed by atoms with Gasteiger partial charge in [0.05, 0.1) is 17.1 Å². The van der Waals surface area contributed by atoms with Crippen molar-refractivity contribution in [3.63, 3.8) is 0 Å². The van der Waals surface area contributed by atoms with Gasteiger partial charge >= 0.3 is 0 Å². The van der Waals surface area contributed by atoms with E-state index in [4.69, 9.17) is 0 Å². The zero-order chi connectivity index (χ0) is 19.7. The molecule has 0 radical (unpaired) electrons. The van der Waals surface area contributed by atoms with Gasteiger partial charge in [0.1, 0.15) is 4.88 Å². The van der Waals surface area contributed by atoms with Gasteiger partial charge in [0, 0.05) is 24.6 Å². The van der Waals surface area contributed by atoms with Gasteiger partial charge in [-0.05, 0) is 50.1 Å². The highest BCUT2D eigenvalue weighted by Crippen LogP contribution is 2.27. The van der Waals surface area contributed by atoms with Crippen LogP contribution >= 0.6 is 11.3 Å². The van der Waals surface area contributed by atoms with Crippen LogP contribution in [0, 0.1) is 6.92 Å². The number of thiazole rings is 1. The van der Waals surface area contributed by atoms with Crippen LogP contribution in [-0.2, 0) is 10.0 Å². The highest BCUT2D eigenvalue weighted by Gasteiger charge is 2.26. The molecule has 0 aliphatic carbocycles. The van der Waals surface area contributed by atoms with Crippen LogP contribution < -0.4 is 9.62 Å². The minimum absolute atomic E-state index is 0.159. The number of aromatic nitrogens is 2. The first kappa shape index (κ1) is 18.7. The Morgan fingerprint density at radius 3 is 2.71 bits per heavy atom. The second kappa shape index (κ2) is 7.40. The number of hydrogen-bond donors (Lipinski definition) is 1. The third kappa shape index (κ3) is 3.67. The van der Waals surface area contributed by atoms with E-state index >= 15 is 0 Å². The van der Waals surface area contributed by atoms with E-state index in [1.54, 1.807) is 31.2 Å². The molecular weight excluding hydrogens is 396 g/mol. The molecule has 1 fully saturated rings. The topological polar surface area (TPSA) is 84.3 Å². The number of aryl methyl sites for hydroxylation is 1. The Morgan fingerprint density at radius 1 is 1.18 bits per heavy atom. The molecule has 1 aliphatic rings. The van der Waals surface area contributed by atoms with Crippen LogP contribution in [0.1, 0.15) is 28.2 Å². The molecule has 146 valence electrons. The van der Waals surface area contributed by atoms with E-state index in [0.717, 1.165) is 11.6 Å². The lowest BCUT2D eigenvalue weighted by molar-refractivity contribution is 0.103. The molecule has 0 bridgehead atoms. The average molecular weight is 417 g/mol. The predicted molar refractivity (Wildman–Crippen MR) is 111 cm³/mol. The van der Waals surface area contributed by atoms with Crippen molar-refractivity contribution in [1.82, 2.24) is 9.55 Å². The van der Waals surface area contributed by atoms with E-state index in [9.17, 15) is 13.2 Å². The minimum atomic E-state index is -3.29. The Kier molecular flexibility index (Phi) is 4.94. The van der Waals surface area contributed by atoms with Crippen molar-refractivity contribution in [2.45, 2.75) is 19.8 Å². The average Bonchev–Trinajstić information content (AvgIpc) is 3.31. The number of rotatable bonds is 4. The molecule has 1 N–H and O–H groups in total. The zero-order valence-electron chi connectivity index (χ0n) is 15.3. The van der Waals surface area contributed by atoms with Gasteiger partial charge < -0.3 is 9.88 Å². The number of anilines is 2. The molecule has 3 heterocycles. The van der Waals surface area contributed by atoms with Crippen LogP contribution in [-0.4, -0.2) is 36.2 Å². The molecule has 1 aliphatic heterocycles. The largest absolute Gasteiger partial charge is 0.321 e. The SMILES string of the molecule is Cc1nc(-n2cccc2)sc1C(=O)Nc1cccc(N2CCCCS2(=O)=O)c1. The van der Waals surface area contributed by atoms with Gasteiger partial charge in [0.15, 0.2) is 5.13 Å². The first-order valence-corrected chi connectivity index (χ1v) is 11.4. The van der Waals surface area contributed by atoms with Gasteiger partial charge in [0.2, 0.25) is 10.0 Å². The standard InChI is InChI=1S/C19H20N4O3S2/c1-14-17(27-19(20-14)22-9-2-3-10-22)18(24)21-15-7-6-8-16(13-15)23-11-4-5-12-28(23,25)26/h2-3,6-10,13H,4-5,11-12H2,1H3,(H,21,24). The summed E-state index contributed by atoms with van der Waals surface area (Å²) in [7, 11) is -3.29. The lowest BCUT2D eigenvalue weighted by Gasteiger charge is -2.28. The molecule has 0 atom stereocenters. The Bertz CT molecular complexity index is 1100. The van der Waals surface area contributed by atoms with Crippen LogP contribution in [0.3, 0.4) is 0 Å². The minimum Gasteiger partial charge on any atom is -0.321 e. The van der Waals surface area contributed by atoms with Gasteiger partial charge in [-0.25, -0.2) is 13.4 Å². The molecule has 1 aromatic carbocycles. The first-order valence-electron chi connectivity index (χ1n) is 8.97. The van der Waals surface area contributed by atoms with Crippen LogP contribution in [0.2, 0.25) is 0 Å². The van der Waals surface area contributed by atoms with Crippen molar-refractivity contribution in [1.29, 1.82) is 0 Å². The summed E-state index contributed by atoms with van der Waals surface area (Å²) in [5.41, 5.74) is 1.78. The third-order valence-corrected chi connectivity index (χ3v) is 7.60. The Hall–Kier alpha value is -2.65. The molecule has 9 heteroatoms. The molecule has 7 nitrogen and oxygen atoms in total. The monoisotopic (exact) mass is 416 g/mol. The van der Waals surface area contributed by atoms with E-state index in [1.165, 1.54) is 15.6 Å². The highest BCUT2D eigenvalue weighted by molar-refractivity contribution is 7.92. The summed E-state index contributed by atoms with van der Waals surface area (Å²) in [6.45, 7) is 2.27. The van der Waals surface area contributed by atoms with E-state index in [-0.39, 0.29) is 11.7 Å². The van der Waals surface area contributed by atoms with Gasteiger partial charge in [-0.15, -0.1) is 0 Å². The summed E-state index contributed by atoms with van der Waals surface area (Å²) < 4.78 is 27.9. The summed E-state index contributed by atoms with van der Waals surface area (Å²) in [5, 5.41) is 3.59. The predicted octanol–water partition coefficient (Wildman–Crippen LogP) is 3.42. The molecule has 1 saturated heterocycles. The smallest absolute Gasteiger partial charge is 0.267 e. The Morgan fingerprint density at radius 2 is 1.96 bits per heavy atom. The molecule has 0 spiro atoms. The van der Waals surface area contributed by atoms with E-state index < -0.39 is 10.0 Å². The van der Waals surface area contributed by atoms with Crippen LogP contribution in [0.25, 0.3) is 5.13 Å². The lowest BCUT2D eigenvalue weighted by atomic mass is 10.2. The number of carbonyl (C=O) groups is 1. The normalized spacial score (nSPS) is 16.1. The quantitative estimate of drug-likeness (QED) is 0.706. The highest BCUT2D eigenvalue weighted by atomic mass is 32.2. The van der Waals surface area contributed by atoms with Gasteiger partial charge in [-0.3, -0.25) is 9.10 Å². The summed E-state index contributed by atoms with van der Waals surface area (Å²) in [5.74, 6) is -0.0988. The number of carbonyl (C=O) groups excluding carboxylic acids is 1. The maximum absolute atomic E-state index is 12.8. The molecule has 2 aromatic heterocycles. The number of nitrogens with one attached hydrogen (secondary N) is 1. The number of nitrogens with zero attached hydrogens (tertiary/aromatic N) is 3. The van der Waals surface area contributed by atoms with Crippen molar-refractivity contribution in [3.05, 3.63) is 59.4 Å². The number of sulfonamides is 1. The van der Waals surface area contributed by atoms with Crippen LogP contribution in [0.15, 0.2) is 48.8 Å². The van der Waals surface area contributed by atoms with E-state index in [2.05, 4.69) is 10.3 Å². The molecule has 1 amide bonds. The molecule has 0 unspecified atom stereocenters. The van der Waals surface area contributed by atoms with Crippen molar-refractivity contribution < 1.29 is 13.2 Å². The maximum atomic E-state index is 12.8. The zero-order valence-corrected chi connectivity index (χ0v) is 17.0. The van der Waals surface area contributed by atoms with Gasteiger partial charge in [-0.2, -0.15) is 0 Å². The van der Waals surface area contributed by atoms with Crippen LogP contribution in [0.4, 0.5) is 11.4 Å². The number of hydrogen-bond acceptors (Lipinski definition) is 5. The summed E-state index contributed by atoms with van der Waals surface area (Å²) in [6, 6.07) is 10.7. The van der Waals surface area contributed by atoms with Crippen LogP contribution in [0.5, 0.6) is 0 Å².